The van der Waals surface area contributed by atoms with Crippen LogP contribution < -0.4 is 0 Å². The van der Waals surface area contributed by atoms with Gasteiger partial charge in [0.2, 0.25) is 0 Å². The number of aromatic nitrogens is 1. The van der Waals surface area contributed by atoms with Crippen LogP contribution >= 0.6 is 0 Å². The van der Waals surface area contributed by atoms with Crippen LogP contribution in [0.2, 0.25) is 0 Å². The lowest BCUT2D eigenvalue weighted by atomic mass is 10.1. The number of carbonyl (C=O) groups excluding carboxylic acids is 1. The van der Waals surface area contributed by atoms with E-state index in [-0.39, 0.29) is 11.9 Å². The van der Waals surface area contributed by atoms with Crippen molar-refractivity contribution >= 4 is 16.8 Å². The summed E-state index contributed by atoms with van der Waals surface area (Å²) in [5, 5.41) is 9.75. The normalized spacial score (nSPS) is 10.7. The van der Waals surface area contributed by atoms with Crippen LogP contribution in [0.3, 0.4) is 0 Å². The van der Waals surface area contributed by atoms with Gasteiger partial charge in [0.15, 0.2) is 0 Å². The molecule has 0 aliphatic carbocycles. The Bertz CT molecular complexity index is 744. The maximum absolute atomic E-state index is 12.8. The zero-order chi connectivity index (χ0) is 16.3. The monoisotopic (exact) mass is 295 g/mol. The number of aryl methyl sites for hydroxylation is 2. The molecule has 0 N–H and O–H groups in total. The van der Waals surface area contributed by atoms with Crippen molar-refractivity contribution in [2.24, 2.45) is 0 Å². The van der Waals surface area contributed by atoms with Gasteiger partial charge in [-0.1, -0.05) is 11.6 Å². The molecule has 1 aromatic heterocycles. The average molecular weight is 295 g/mol. The molecule has 0 fully saturated rings. The highest BCUT2D eigenvalue weighted by Crippen LogP contribution is 2.20. The molecule has 22 heavy (non-hydrogen) atoms. The van der Waals surface area contributed by atoms with Crippen molar-refractivity contribution in [2.75, 3.05) is 6.54 Å². The minimum absolute atomic E-state index is 0.0495. The van der Waals surface area contributed by atoms with Gasteiger partial charge >= 0.3 is 0 Å². The first-order chi connectivity index (χ1) is 10.4. The van der Waals surface area contributed by atoms with E-state index in [2.05, 4.69) is 11.1 Å². The van der Waals surface area contributed by atoms with Crippen molar-refractivity contribution < 1.29 is 4.79 Å². The third kappa shape index (κ3) is 3.25. The lowest BCUT2D eigenvalue weighted by molar-refractivity contribution is 0.0709. The van der Waals surface area contributed by atoms with Gasteiger partial charge in [-0.2, -0.15) is 5.26 Å². The van der Waals surface area contributed by atoms with Crippen LogP contribution in [0, 0.1) is 25.2 Å². The summed E-state index contributed by atoms with van der Waals surface area (Å²) in [6.45, 7) is 8.24. The molecule has 0 bridgehead atoms. The van der Waals surface area contributed by atoms with Crippen LogP contribution in [0.4, 0.5) is 0 Å². The predicted molar refractivity (Wildman–Crippen MR) is 87.6 cm³/mol. The summed E-state index contributed by atoms with van der Waals surface area (Å²) in [7, 11) is 0. The Kier molecular flexibility index (Phi) is 4.77. The fourth-order valence-corrected chi connectivity index (χ4v) is 2.53. The highest BCUT2D eigenvalue weighted by Gasteiger charge is 2.21. The number of nitriles is 1. The van der Waals surface area contributed by atoms with Crippen molar-refractivity contribution in [1.82, 2.24) is 9.88 Å². The molecule has 0 radical (unpaired) electrons. The third-order valence-electron chi connectivity index (χ3n) is 3.74. The first-order valence-electron chi connectivity index (χ1n) is 7.50. The molecule has 0 saturated heterocycles. The van der Waals surface area contributed by atoms with Gasteiger partial charge in [-0.25, -0.2) is 0 Å². The molecule has 4 nitrogen and oxygen atoms in total. The summed E-state index contributed by atoms with van der Waals surface area (Å²) in [5.74, 6) is -0.0568. The van der Waals surface area contributed by atoms with Crippen LogP contribution in [-0.2, 0) is 0 Å². The summed E-state index contributed by atoms with van der Waals surface area (Å²) in [6.07, 6.45) is 0.336. The summed E-state index contributed by atoms with van der Waals surface area (Å²) >= 11 is 0. The van der Waals surface area contributed by atoms with E-state index in [1.807, 2.05) is 52.0 Å². The lowest BCUT2D eigenvalue weighted by Crippen LogP contribution is -2.38. The molecular formula is C18H21N3O. The molecule has 0 saturated carbocycles. The van der Waals surface area contributed by atoms with Crippen LogP contribution in [0.5, 0.6) is 0 Å². The van der Waals surface area contributed by atoms with Crippen LogP contribution in [0.25, 0.3) is 10.9 Å². The molecule has 1 heterocycles. The van der Waals surface area contributed by atoms with E-state index in [4.69, 9.17) is 5.26 Å². The summed E-state index contributed by atoms with van der Waals surface area (Å²) < 4.78 is 0. The summed E-state index contributed by atoms with van der Waals surface area (Å²) in [5.41, 5.74) is 3.38. The van der Waals surface area contributed by atoms with Crippen molar-refractivity contribution in [3.63, 3.8) is 0 Å². The molecule has 1 amide bonds. The molecule has 0 unspecified atom stereocenters. The molecule has 0 aliphatic heterocycles. The van der Waals surface area contributed by atoms with Gasteiger partial charge in [0.25, 0.3) is 5.91 Å². The molecular weight excluding hydrogens is 274 g/mol. The molecule has 2 rings (SSSR count). The van der Waals surface area contributed by atoms with E-state index in [0.29, 0.717) is 18.5 Å². The van der Waals surface area contributed by atoms with Crippen molar-refractivity contribution in [3.8, 4) is 6.07 Å². The summed E-state index contributed by atoms with van der Waals surface area (Å²) in [4.78, 5) is 19.1. The number of carbonyl (C=O) groups is 1. The zero-order valence-corrected chi connectivity index (χ0v) is 13.6. The molecule has 0 aliphatic rings. The second kappa shape index (κ2) is 6.57. The number of pyridine rings is 1. The van der Waals surface area contributed by atoms with Crippen LogP contribution in [-0.4, -0.2) is 28.4 Å². The van der Waals surface area contributed by atoms with Gasteiger partial charge in [0.1, 0.15) is 0 Å². The van der Waals surface area contributed by atoms with E-state index in [1.54, 1.807) is 4.90 Å². The smallest absolute Gasteiger partial charge is 0.255 e. The Labute approximate surface area is 131 Å². The Morgan fingerprint density at radius 1 is 1.32 bits per heavy atom. The summed E-state index contributed by atoms with van der Waals surface area (Å²) in [6, 6.07) is 10.1. The molecule has 114 valence electrons. The van der Waals surface area contributed by atoms with E-state index < -0.39 is 0 Å². The Hall–Kier alpha value is -2.41. The van der Waals surface area contributed by atoms with Gasteiger partial charge in [-0.3, -0.25) is 9.78 Å². The minimum Gasteiger partial charge on any atom is -0.335 e. The minimum atomic E-state index is -0.0568. The number of nitrogens with zero attached hydrogens (tertiary/aromatic N) is 3. The van der Waals surface area contributed by atoms with Crippen molar-refractivity contribution in [2.45, 2.75) is 40.2 Å². The number of amides is 1. The number of hydrogen-bond acceptors (Lipinski definition) is 3. The first-order valence-corrected chi connectivity index (χ1v) is 7.50. The van der Waals surface area contributed by atoms with Gasteiger partial charge in [0.05, 0.1) is 29.3 Å². The van der Waals surface area contributed by atoms with E-state index in [0.717, 1.165) is 22.2 Å². The Morgan fingerprint density at radius 3 is 2.68 bits per heavy atom. The fraction of sp³-hybridized carbons (Fsp3) is 0.389. The van der Waals surface area contributed by atoms with Gasteiger partial charge in [-0.15, -0.1) is 0 Å². The van der Waals surface area contributed by atoms with E-state index in [1.165, 1.54) is 0 Å². The Morgan fingerprint density at radius 2 is 2.05 bits per heavy atom. The Balaban J connectivity index is 2.45. The highest BCUT2D eigenvalue weighted by molar-refractivity contribution is 5.98. The topological polar surface area (TPSA) is 57.0 Å². The standard InChI is InChI=1S/C18H21N3O/c1-12(2)21(9-5-8-19)18(22)16-11-15-10-13(3)6-7-17(15)20-14(16)4/h6-7,10-12H,5,9H2,1-4H3. The molecule has 0 spiro atoms. The number of rotatable bonds is 4. The predicted octanol–water partition coefficient (Wildman–Crippen LogP) is 3.62. The quantitative estimate of drug-likeness (QED) is 0.865. The highest BCUT2D eigenvalue weighted by atomic mass is 16.2. The van der Waals surface area contributed by atoms with Gasteiger partial charge < -0.3 is 4.90 Å². The lowest BCUT2D eigenvalue weighted by Gasteiger charge is -2.26. The second-order valence-electron chi connectivity index (χ2n) is 5.82. The maximum atomic E-state index is 12.8. The van der Waals surface area contributed by atoms with Gasteiger partial charge in [-0.05, 0) is 45.9 Å². The van der Waals surface area contributed by atoms with Crippen molar-refractivity contribution in [1.29, 1.82) is 5.26 Å². The van der Waals surface area contributed by atoms with Gasteiger partial charge in [0, 0.05) is 18.0 Å². The van der Waals surface area contributed by atoms with Crippen LogP contribution in [0.1, 0.15) is 41.9 Å². The zero-order valence-electron chi connectivity index (χ0n) is 13.6. The molecule has 1 aromatic carbocycles. The van der Waals surface area contributed by atoms with Crippen LogP contribution in [0.15, 0.2) is 24.3 Å². The number of hydrogen-bond donors (Lipinski definition) is 0. The fourth-order valence-electron chi connectivity index (χ4n) is 2.53. The SMILES string of the molecule is Cc1ccc2nc(C)c(C(=O)N(CCC#N)C(C)C)cc2c1. The number of fused-ring (bicyclic) bond motifs is 1. The first kappa shape index (κ1) is 16.0. The van der Waals surface area contributed by atoms with E-state index >= 15 is 0 Å². The second-order valence-corrected chi connectivity index (χ2v) is 5.82. The van der Waals surface area contributed by atoms with Crippen molar-refractivity contribution in [3.05, 3.63) is 41.1 Å². The third-order valence-corrected chi connectivity index (χ3v) is 3.74. The largest absolute Gasteiger partial charge is 0.335 e. The number of benzene rings is 1. The van der Waals surface area contributed by atoms with E-state index in [9.17, 15) is 4.79 Å². The molecule has 2 aromatic rings. The maximum Gasteiger partial charge on any atom is 0.255 e. The molecule has 0 atom stereocenters. The molecule has 4 heteroatoms. The average Bonchev–Trinajstić information content (AvgIpc) is 2.46.